The van der Waals surface area contributed by atoms with E-state index < -0.39 is 22.0 Å². The highest BCUT2D eigenvalue weighted by Crippen LogP contribution is 2.45. The molecule has 0 amide bonds. The Kier molecular flexibility index (Phi) is 3.58. The first-order chi connectivity index (χ1) is 9.04. The lowest BCUT2D eigenvalue weighted by atomic mass is 9.82. The smallest absolute Gasteiger partial charge is 0.333 e. The van der Waals surface area contributed by atoms with Gasteiger partial charge in [-0.1, -0.05) is 0 Å². The van der Waals surface area contributed by atoms with Gasteiger partial charge >= 0.3 is 10.3 Å². The third kappa shape index (κ3) is 2.54. The molecule has 0 aromatic heterocycles. The largest absolute Gasteiger partial charge is 0.464 e. The van der Waals surface area contributed by atoms with Gasteiger partial charge in [-0.15, -0.1) is 0 Å². The molecule has 1 atom stereocenters. The second-order valence-electron chi connectivity index (χ2n) is 5.65. The van der Waals surface area contributed by atoms with Crippen LogP contribution in [0.2, 0.25) is 0 Å². The van der Waals surface area contributed by atoms with Crippen molar-refractivity contribution in [3.8, 4) is 5.75 Å². The number of nitrogens with one attached hydrogen (secondary N) is 1. The van der Waals surface area contributed by atoms with Crippen LogP contribution in [0, 0.1) is 13.8 Å². The molecule has 112 valence electrons. The van der Waals surface area contributed by atoms with Gasteiger partial charge in [0, 0.05) is 12.1 Å². The van der Waals surface area contributed by atoms with Crippen molar-refractivity contribution in [2.75, 3.05) is 0 Å². The first-order valence-corrected chi connectivity index (χ1v) is 7.68. The topological polar surface area (TPSA) is 95.9 Å². The number of hydrogen-bond donors (Lipinski definition) is 3. The second kappa shape index (κ2) is 4.70. The molecule has 3 N–H and O–H groups in total. The summed E-state index contributed by atoms with van der Waals surface area (Å²) in [7, 11) is -4.24. The summed E-state index contributed by atoms with van der Waals surface area (Å²) in [5, 5.41) is 9.97. The van der Waals surface area contributed by atoms with Crippen molar-refractivity contribution >= 4 is 10.3 Å². The van der Waals surface area contributed by atoms with Crippen molar-refractivity contribution in [1.29, 1.82) is 0 Å². The summed E-state index contributed by atoms with van der Waals surface area (Å²) in [6.45, 7) is 7.42. The highest BCUT2D eigenvalue weighted by atomic mass is 32.2. The zero-order valence-electron chi connectivity index (χ0n) is 11.9. The molecule has 0 fully saturated rings. The number of hydrogen-bond acceptors (Lipinski definition) is 4. The molecule has 1 aliphatic rings. The molecule has 7 heteroatoms. The van der Waals surface area contributed by atoms with Gasteiger partial charge in [0.05, 0.1) is 5.41 Å². The van der Waals surface area contributed by atoms with Gasteiger partial charge in [0.1, 0.15) is 5.75 Å². The Labute approximate surface area is 118 Å². The molecule has 20 heavy (non-hydrogen) atoms. The van der Waals surface area contributed by atoms with Gasteiger partial charge < -0.3 is 9.84 Å². The lowest BCUT2D eigenvalue weighted by Crippen LogP contribution is -2.31. The summed E-state index contributed by atoms with van der Waals surface area (Å²) in [5.74, 6) is 0.649. The molecule has 0 aliphatic carbocycles. The van der Waals surface area contributed by atoms with Crippen LogP contribution in [-0.4, -0.2) is 24.4 Å². The molecular weight excluding hydrogens is 282 g/mol. The Morgan fingerprint density at radius 3 is 2.50 bits per heavy atom. The number of fused-ring (bicyclic) bond motifs is 1. The van der Waals surface area contributed by atoms with Crippen molar-refractivity contribution in [3.63, 3.8) is 0 Å². The normalized spacial score (nSPS) is 20.6. The summed E-state index contributed by atoms with van der Waals surface area (Å²) < 4.78 is 37.9. The van der Waals surface area contributed by atoms with E-state index in [0.29, 0.717) is 5.75 Å². The molecule has 6 nitrogen and oxygen atoms in total. The van der Waals surface area contributed by atoms with E-state index in [-0.39, 0.29) is 6.54 Å². The molecule has 2 rings (SSSR count). The predicted molar refractivity (Wildman–Crippen MR) is 74.0 cm³/mol. The third-order valence-corrected chi connectivity index (χ3v) is 4.44. The van der Waals surface area contributed by atoms with Crippen LogP contribution in [-0.2, 0) is 22.3 Å². The fourth-order valence-electron chi connectivity index (χ4n) is 2.34. The minimum atomic E-state index is -4.24. The summed E-state index contributed by atoms with van der Waals surface area (Å²) in [4.78, 5) is 0. The van der Waals surface area contributed by atoms with Crippen molar-refractivity contribution in [3.05, 3.63) is 28.3 Å². The highest BCUT2D eigenvalue weighted by Gasteiger charge is 2.42. The lowest BCUT2D eigenvalue weighted by Gasteiger charge is -2.21. The van der Waals surface area contributed by atoms with E-state index in [1.807, 2.05) is 33.8 Å². The van der Waals surface area contributed by atoms with E-state index in [1.165, 1.54) is 0 Å². The standard InChI is InChI=1S/C13H19NO5S/c1-7-8(2)11-10(13(3,4)12(15)19-11)5-9(7)6-14-20(16,17)18/h5,12,14-15H,6H2,1-4H3,(H,16,17,18). The summed E-state index contributed by atoms with van der Waals surface area (Å²) >= 11 is 0. The highest BCUT2D eigenvalue weighted by molar-refractivity contribution is 7.83. The van der Waals surface area contributed by atoms with Gasteiger partial charge in [0.25, 0.3) is 0 Å². The molecule has 1 aromatic rings. The van der Waals surface area contributed by atoms with Crippen LogP contribution < -0.4 is 9.46 Å². The molecule has 0 saturated carbocycles. The summed E-state index contributed by atoms with van der Waals surface area (Å²) in [6, 6.07) is 1.81. The Balaban J connectivity index is 2.48. The fourth-order valence-corrected chi connectivity index (χ4v) is 2.67. The minimum Gasteiger partial charge on any atom is -0.464 e. The molecule has 1 heterocycles. The number of benzene rings is 1. The predicted octanol–water partition coefficient (Wildman–Crippen LogP) is 1.18. The van der Waals surface area contributed by atoms with E-state index in [0.717, 1.165) is 22.3 Å². The first kappa shape index (κ1) is 15.2. The average Bonchev–Trinajstić information content (AvgIpc) is 2.53. The van der Waals surface area contributed by atoms with Crippen LogP contribution in [0.5, 0.6) is 5.75 Å². The minimum absolute atomic E-state index is 0.00897. The van der Waals surface area contributed by atoms with Gasteiger partial charge in [-0.05, 0) is 50.5 Å². The van der Waals surface area contributed by atoms with Crippen LogP contribution in [0.25, 0.3) is 0 Å². The molecule has 0 saturated heterocycles. The summed E-state index contributed by atoms with van der Waals surface area (Å²) in [6.07, 6.45) is -0.930. The zero-order valence-corrected chi connectivity index (χ0v) is 12.7. The molecule has 0 spiro atoms. The van der Waals surface area contributed by atoms with Crippen molar-refractivity contribution in [2.45, 2.75) is 45.9 Å². The first-order valence-electron chi connectivity index (χ1n) is 6.24. The monoisotopic (exact) mass is 301 g/mol. The SMILES string of the molecule is Cc1c(CNS(=O)(=O)O)cc2c(c1C)OC(O)C2(C)C. The molecule has 0 radical (unpaired) electrons. The van der Waals surface area contributed by atoms with Gasteiger partial charge in [-0.25, -0.2) is 0 Å². The van der Waals surface area contributed by atoms with Crippen LogP contribution in [0.15, 0.2) is 6.07 Å². The number of aliphatic hydroxyl groups is 1. The number of ether oxygens (including phenoxy) is 1. The maximum Gasteiger partial charge on any atom is 0.333 e. The Morgan fingerprint density at radius 1 is 1.35 bits per heavy atom. The molecule has 1 aromatic carbocycles. The van der Waals surface area contributed by atoms with Crippen molar-refractivity contribution < 1.29 is 22.8 Å². The number of rotatable bonds is 3. The quantitative estimate of drug-likeness (QED) is 0.729. The maximum absolute atomic E-state index is 10.8. The molecule has 0 bridgehead atoms. The molecular formula is C13H19NO5S. The fraction of sp³-hybridized carbons (Fsp3) is 0.538. The molecule has 1 aliphatic heterocycles. The van der Waals surface area contributed by atoms with Crippen LogP contribution in [0.4, 0.5) is 0 Å². The zero-order chi connectivity index (χ0) is 15.3. The lowest BCUT2D eigenvalue weighted by molar-refractivity contribution is -0.0453. The number of aliphatic hydroxyl groups excluding tert-OH is 1. The second-order valence-corrected chi connectivity index (χ2v) is 6.89. The average molecular weight is 301 g/mol. The van der Waals surface area contributed by atoms with Crippen molar-refractivity contribution in [1.82, 2.24) is 4.72 Å². The third-order valence-electron chi connectivity index (χ3n) is 3.93. The summed E-state index contributed by atoms with van der Waals surface area (Å²) in [5.41, 5.74) is 2.73. The van der Waals surface area contributed by atoms with E-state index in [4.69, 9.17) is 9.29 Å². The van der Waals surface area contributed by atoms with Gasteiger partial charge in [0.2, 0.25) is 6.29 Å². The van der Waals surface area contributed by atoms with Crippen molar-refractivity contribution in [2.24, 2.45) is 0 Å². The molecule has 1 unspecified atom stereocenters. The van der Waals surface area contributed by atoms with Crippen LogP contribution in [0.3, 0.4) is 0 Å². The van der Waals surface area contributed by atoms with E-state index in [2.05, 4.69) is 4.72 Å². The Hall–Kier alpha value is -1.15. The van der Waals surface area contributed by atoms with Crippen LogP contribution in [0.1, 0.15) is 36.1 Å². The Morgan fingerprint density at radius 2 is 1.95 bits per heavy atom. The van der Waals surface area contributed by atoms with E-state index >= 15 is 0 Å². The van der Waals surface area contributed by atoms with E-state index in [9.17, 15) is 13.5 Å². The van der Waals surface area contributed by atoms with Gasteiger partial charge in [0.15, 0.2) is 0 Å². The maximum atomic E-state index is 10.8. The Bertz CT molecular complexity index is 651. The van der Waals surface area contributed by atoms with Gasteiger partial charge in [-0.3, -0.25) is 4.55 Å². The van der Waals surface area contributed by atoms with Crippen LogP contribution >= 0.6 is 0 Å². The van der Waals surface area contributed by atoms with Gasteiger partial charge in [-0.2, -0.15) is 13.1 Å². The van der Waals surface area contributed by atoms with E-state index in [1.54, 1.807) is 0 Å².